The zero-order valence-electron chi connectivity index (χ0n) is 15.9. The molecule has 0 bridgehead atoms. The Kier molecular flexibility index (Phi) is 8.38. The zero-order chi connectivity index (χ0) is 18.1. The molecule has 0 aromatic heterocycles. The number of piperidine rings is 1. The van der Waals surface area contributed by atoms with Gasteiger partial charge in [-0.05, 0) is 29.4 Å². The van der Waals surface area contributed by atoms with Crippen molar-refractivity contribution in [3.05, 3.63) is 35.4 Å². The minimum absolute atomic E-state index is 0.0196. The molecule has 0 radical (unpaired) electrons. The lowest BCUT2D eigenvalue weighted by molar-refractivity contribution is -0.120. The fourth-order valence-electron chi connectivity index (χ4n) is 3.68. The van der Waals surface area contributed by atoms with Crippen molar-refractivity contribution in [2.24, 2.45) is 11.8 Å². The second-order valence-corrected chi connectivity index (χ2v) is 7.36. The van der Waals surface area contributed by atoms with E-state index in [0.717, 1.165) is 31.5 Å². The fourth-order valence-corrected chi connectivity index (χ4v) is 3.68. The van der Waals surface area contributed by atoms with Gasteiger partial charge in [0, 0.05) is 39.8 Å². The van der Waals surface area contributed by atoms with Crippen LogP contribution in [-0.2, 0) is 22.6 Å². The molecule has 5 heteroatoms. The van der Waals surface area contributed by atoms with Crippen LogP contribution in [0.4, 0.5) is 0 Å². The first-order valence-electron chi connectivity index (χ1n) is 9.34. The van der Waals surface area contributed by atoms with Crippen molar-refractivity contribution in [1.82, 2.24) is 15.5 Å². The molecule has 0 saturated carbocycles. The van der Waals surface area contributed by atoms with Crippen LogP contribution < -0.4 is 10.6 Å². The predicted octanol–water partition coefficient (Wildman–Crippen LogP) is 2.02. The first-order valence-corrected chi connectivity index (χ1v) is 9.34. The molecule has 140 valence electrons. The average Bonchev–Trinajstić information content (AvgIpc) is 2.57. The summed E-state index contributed by atoms with van der Waals surface area (Å²) in [4.78, 5) is 14.5. The molecular weight excluding hydrogens is 314 g/mol. The van der Waals surface area contributed by atoms with Crippen molar-refractivity contribution in [3.8, 4) is 0 Å². The van der Waals surface area contributed by atoms with Gasteiger partial charge in [0.15, 0.2) is 0 Å². The highest BCUT2D eigenvalue weighted by atomic mass is 16.5. The Labute approximate surface area is 152 Å². The van der Waals surface area contributed by atoms with E-state index in [-0.39, 0.29) is 5.91 Å². The molecule has 2 atom stereocenters. The maximum absolute atomic E-state index is 11.9. The molecule has 1 aliphatic heterocycles. The molecular formula is C20H33N3O2. The Bertz CT molecular complexity index is 525. The fraction of sp³-hybridized carbons (Fsp3) is 0.650. The molecule has 1 aromatic carbocycles. The summed E-state index contributed by atoms with van der Waals surface area (Å²) in [7, 11) is 1.66. The van der Waals surface area contributed by atoms with Crippen LogP contribution in [0.3, 0.4) is 0 Å². The Morgan fingerprint density at radius 3 is 2.56 bits per heavy atom. The van der Waals surface area contributed by atoms with Crippen LogP contribution >= 0.6 is 0 Å². The van der Waals surface area contributed by atoms with Crippen LogP contribution in [0.1, 0.15) is 31.4 Å². The van der Waals surface area contributed by atoms with Crippen molar-refractivity contribution >= 4 is 5.91 Å². The van der Waals surface area contributed by atoms with Gasteiger partial charge >= 0.3 is 0 Å². The smallest absolute Gasteiger partial charge is 0.234 e. The molecule has 25 heavy (non-hydrogen) atoms. The monoisotopic (exact) mass is 347 g/mol. The first-order chi connectivity index (χ1) is 12.1. The lowest BCUT2D eigenvalue weighted by Crippen LogP contribution is -2.38. The quantitative estimate of drug-likeness (QED) is 0.671. The molecule has 1 fully saturated rings. The van der Waals surface area contributed by atoms with Gasteiger partial charge in [-0.25, -0.2) is 0 Å². The van der Waals surface area contributed by atoms with Crippen molar-refractivity contribution in [2.45, 2.75) is 33.4 Å². The number of benzene rings is 1. The number of hydrogen-bond acceptors (Lipinski definition) is 4. The van der Waals surface area contributed by atoms with Gasteiger partial charge in [-0.15, -0.1) is 0 Å². The first kappa shape index (κ1) is 19.9. The maximum atomic E-state index is 11.9. The Balaban J connectivity index is 1.84. The van der Waals surface area contributed by atoms with Crippen LogP contribution in [0.25, 0.3) is 0 Å². The Morgan fingerprint density at radius 1 is 1.20 bits per heavy atom. The molecule has 1 aromatic rings. The molecule has 2 rings (SSSR count). The van der Waals surface area contributed by atoms with Gasteiger partial charge in [0.2, 0.25) is 5.91 Å². The molecule has 1 aliphatic rings. The normalized spacial score (nSPS) is 21.2. The second-order valence-electron chi connectivity index (χ2n) is 7.36. The third kappa shape index (κ3) is 7.14. The predicted molar refractivity (Wildman–Crippen MR) is 101 cm³/mol. The van der Waals surface area contributed by atoms with Gasteiger partial charge < -0.3 is 15.4 Å². The van der Waals surface area contributed by atoms with E-state index in [0.29, 0.717) is 26.2 Å². The Morgan fingerprint density at radius 2 is 1.88 bits per heavy atom. The summed E-state index contributed by atoms with van der Waals surface area (Å²) in [5.41, 5.74) is 2.52. The minimum Gasteiger partial charge on any atom is -0.383 e. The lowest BCUT2D eigenvalue weighted by atomic mass is 9.91. The Hall–Kier alpha value is -1.43. The third-order valence-electron chi connectivity index (χ3n) is 4.70. The summed E-state index contributed by atoms with van der Waals surface area (Å²) >= 11 is 0. The summed E-state index contributed by atoms with van der Waals surface area (Å²) in [5, 5.41) is 6.08. The number of likely N-dealkylation sites (tertiary alicyclic amines) is 1. The van der Waals surface area contributed by atoms with Crippen molar-refractivity contribution in [3.63, 3.8) is 0 Å². The van der Waals surface area contributed by atoms with Crippen LogP contribution in [-0.4, -0.2) is 50.7 Å². The molecule has 5 nitrogen and oxygen atoms in total. The van der Waals surface area contributed by atoms with Gasteiger partial charge in [0.1, 0.15) is 0 Å². The van der Waals surface area contributed by atoms with E-state index in [2.05, 4.69) is 47.6 Å². The average molecular weight is 348 g/mol. The highest BCUT2D eigenvalue weighted by molar-refractivity contribution is 5.78. The summed E-state index contributed by atoms with van der Waals surface area (Å²) in [6.07, 6.45) is 1.32. The number of nitrogens with one attached hydrogen (secondary N) is 2. The van der Waals surface area contributed by atoms with E-state index in [1.165, 1.54) is 17.5 Å². The number of amides is 1. The molecule has 1 saturated heterocycles. The summed E-state index contributed by atoms with van der Waals surface area (Å²) in [5.74, 6) is 1.54. The second kappa shape index (κ2) is 10.5. The topological polar surface area (TPSA) is 53.6 Å². The van der Waals surface area contributed by atoms with Crippen LogP contribution in [0.15, 0.2) is 24.3 Å². The number of carbonyl (C=O) groups is 1. The summed E-state index contributed by atoms with van der Waals surface area (Å²) in [6.45, 7) is 10.2. The van der Waals surface area contributed by atoms with Crippen LogP contribution in [0, 0.1) is 11.8 Å². The number of methoxy groups -OCH3 is 1. The number of hydrogen-bond donors (Lipinski definition) is 2. The van der Waals surface area contributed by atoms with Crippen molar-refractivity contribution < 1.29 is 9.53 Å². The maximum Gasteiger partial charge on any atom is 0.234 e. The largest absolute Gasteiger partial charge is 0.383 e. The molecule has 2 N–H and O–H groups in total. The van der Waals surface area contributed by atoms with E-state index in [4.69, 9.17) is 4.74 Å². The highest BCUT2D eigenvalue weighted by Gasteiger charge is 2.22. The van der Waals surface area contributed by atoms with Gasteiger partial charge in [-0.1, -0.05) is 38.1 Å². The zero-order valence-corrected chi connectivity index (χ0v) is 15.9. The molecule has 2 unspecified atom stereocenters. The number of carbonyl (C=O) groups excluding carboxylic acids is 1. The highest BCUT2D eigenvalue weighted by Crippen LogP contribution is 2.23. The van der Waals surface area contributed by atoms with Crippen molar-refractivity contribution in [2.75, 3.05) is 39.9 Å². The summed E-state index contributed by atoms with van der Waals surface area (Å²) in [6, 6.07) is 8.43. The van der Waals surface area contributed by atoms with E-state index in [1.54, 1.807) is 7.11 Å². The lowest BCUT2D eigenvalue weighted by Gasteiger charge is -2.35. The molecule has 1 heterocycles. The molecule has 0 aliphatic carbocycles. The van der Waals surface area contributed by atoms with Gasteiger partial charge in [0.05, 0.1) is 13.2 Å². The van der Waals surface area contributed by atoms with E-state index in [1.807, 2.05) is 6.07 Å². The van der Waals surface area contributed by atoms with Crippen LogP contribution in [0.2, 0.25) is 0 Å². The van der Waals surface area contributed by atoms with Gasteiger partial charge in [-0.2, -0.15) is 0 Å². The summed E-state index contributed by atoms with van der Waals surface area (Å²) < 4.78 is 4.96. The molecule has 1 amide bonds. The van der Waals surface area contributed by atoms with Crippen molar-refractivity contribution in [1.29, 1.82) is 0 Å². The van der Waals surface area contributed by atoms with Crippen LogP contribution in [0.5, 0.6) is 0 Å². The standard InChI is InChI=1S/C20H33N3O2/c1-16-10-17(2)14-23(13-16)15-19-7-5-4-6-18(19)11-22-20(24)12-21-8-9-25-3/h4-7,16-17,21H,8-15H2,1-3H3,(H,22,24). The number of rotatable bonds is 9. The SMILES string of the molecule is COCCNCC(=O)NCc1ccccc1CN1CC(C)CC(C)C1. The van der Waals surface area contributed by atoms with E-state index in [9.17, 15) is 4.79 Å². The number of nitrogens with zero attached hydrogens (tertiary/aromatic N) is 1. The van der Waals surface area contributed by atoms with E-state index >= 15 is 0 Å². The van der Waals surface area contributed by atoms with Gasteiger partial charge in [-0.3, -0.25) is 9.69 Å². The number of ether oxygens (including phenoxy) is 1. The minimum atomic E-state index is 0.0196. The van der Waals surface area contributed by atoms with E-state index < -0.39 is 0 Å². The third-order valence-corrected chi connectivity index (χ3v) is 4.70. The van der Waals surface area contributed by atoms with Gasteiger partial charge in [0.25, 0.3) is 0 Å². The molecule has 0 spiro atoms.